The summed E-state index contributed by atoms with van der Waals surface area (Å²) in [7, 11) is 1.61. The molecule has 24 heavy (non-hydrogen) atoms. The summed E-state index contributed by atoms with van der Waals surface area (Å²) in [6.45, 7) is 1.46. The van der Waals surface area contributed by atoms with E-state index in [1.54, 1.807) is 7.11 Å². The number of amides is 1. The molecule has 1 aliphatic heterocycles. The zero-order valence-corrected chi connectivity index (χ0v) is 13.7. The number of para-hydroxylation sites is 3. The van der Waals surface area contributed by atoms with Crippen LogP contribution in [0.4, 0.5) is 5.69 Å². The SMILES string of the molecule is COc1ccccc1NCC(=O)NCC1COc2ccccc2C1. The largest absolute Gasteiger partial charge is 0.495 e. The molecular weight excluding hydrogens is 304 g/mol. The maximum atomic E-state index is 12.0. The Kier molecular flexibility index (Phi) is 5.21. The predicted octanol–water partition coefficient (Wildman–Crippen LogP) is 2.47. The fourth-order valence-electron chi connectivity index (χ4n) is 2.81. The van der Waals surface area contributed by atoms with Gasteiger partial charge in [-0.1, -0.05) is 30.3 Å². The van der Waals surface area contributed by atoms with Crippen LogP contribution in [0.2, 0.25) is 0 Å². The van der Waals surface area contributed by atoms with E-state index < -0.39 is 0 Å². The molecule has 0 fully saturated rings. The highest BCUT2D eigenvalue weighted by molar-refractivity contribution is 5.81. The zero-order chi connectivity index (χ0) is 16.8. The molecule has 1 unspecified atom stereocenters. The Hall–Kier alpha value is -2.69. The van der Waals surface area contributed by atoms with Crippen LogP contribution in [0.5, 0.6) is 11.5 Å². The third-order valence-electron chi connectivity index (χ3n) is 4.09. The number of methoxy groups -OCH3 is 1. The number of benzene rings is 2. The van der Waals surface area contributed by atoms with Gasteiger partial charge in [-0.3, -0.25) is 4.79 Å². The monoisotopic (exact) mass is 326 g/mol. The number of ether oxygens (including phenoxy) is 2. The molecule has 5 heteroatoms. The third kappa shape index (κ3) is 3.98. The Morgan fingerprint density at radius 1 is 1.21 bits per heavy atom. The number of hydrogen-bond acceptors (Lipinski definition) is 4. The standard InChI is InChI=1S/C19H22N2O3/c1-23-18-9-5-3-7-16(18)20-12-19(22)21-11-14-10-15-6-2-4-8-17(15)24-13-14/h2-9,14,20H,10-13H2,1H3,(H,21,22). The van der Waals surface area contributed by atoms with Crippen molar-refractivity contribution in [2.24, 2.45) is 5.92 Å². The molecule has 1 aliphatic rings. The van der Waals surface area contributed by atoms with E-state index in [4.69, 9.17) is 9.47 Å². The average Bonchev–Trinajstić information content (AvgIpc) is 2.64. The fraction of sp³-hybridized carbons (Fsp3) is 0.316. The van der Waals surface area contributed by atoms with Gasteiger partial charge in [0.1, 0.15) is 11.5 Å². The van der Waals surface area contributed by atoms with Crippen molar-refractivity contribution in [2.45, 2.75) is 6.42 Å². The minimum absolute atomic E-state index is 0.0419. The number of hydrogen-bond donors (Lipinski definition) is 2. The second kappa shape index (κ2) is 7.73. The highest BCUT2D eigenvalue weighted by atomic mass is 16.5. The van der Waals surface area contributed by atoms with Crippen molar-refractivity contribution in [3.05, 3.63) is 54.1 Å². The van der Waals surface area contributed by atoms with Gasteiger partial charge in [0.2, 0.25) is 5.91 Å². The highest BCUT2D eigenvalue weighted by Gasteiger charge is 2.19. The molecule has 1 amide bonds. The Bertz CT molecular complexity index is 703. The summed E-state index contributed by atoms with van der Waals surface area (Å²) < 4.78 is 11.0. The maximum absolute atomic E-state index is 12.0. The molecule has 0 radical (unpaired) electrons. The first-order valence-corrected chi connectivity index (χ1v) is 8.10. The van der Waals surface area contributed by atoms with E-state index in [1.807, 2.05) is 42.5 Å². The van der Waals surface area contributed by atoms with Gasteiger partial charge in [0.05, 0.1) is 25.9 Å². The molecule has 0 saturated carbocycles. The summed E-state index contributed by atoms with van der Waals surface area (Å²) in [5.41, 5.74) is 2.01. The molecule has 0 saturated heterocycles. The van der Waals surface area contributed by atoms with E-state index in [0.29, 0.717) is 19.1 Å². The summed E-state index contributed by atoms with van der Waals surface area (Å²) >= 11 is 0. The van der Waals surface area contributed by atoms with Crippen molar-refractivity contribution < 1.29 is 14.3 Å². The first-order chi connectivity index (χ1) is 11.8. The number of fused-ring (bicyclic) bond motifs is 1. The van der Waals surface area contributed by atoms with Crippen LogP contribution < -0.4 is 20.1 Å². The molecule has 0 aromatic heterocycles. The minimum atomic E-state index is -0.0419. The molecule has 1 heterocycles. The van der Waals surface area contributed by atoms with Crippen molar-refractivity contribution in [2.75, 3.05) is 32.1 Å². The Morgan fingerprint density at radius 2 is 2.00 bits per heavy atom. The molecule has 0 spiro atoms. The van der Waals surface area contributed by atoms with E-state index >= 15 is 0 Å². The van der Waals surface area contributed by atoms with Crippen molar-refractivity contribution in [3.63, 3.8) is 0 Å². The van der Waals surface area contributed by atoms with Crippen LogP contribution in [0.1, 0.15) is 5.56 Å². The average molecular weight is 326 g/mol. The van der Waals surface area contributed by atoms with Crippen LogP contribution >= 0.6 is 0 Å². The molecule has 2 aromatic carbocycles. The van der Waals surface area contributed by atoms with Crippen molar-refractivity contribution in [1.29, 1.82) is 0 Å². The van der Waals surface area contributed by atoms with Crippen LogP contribution in [0, 0.1) is 5.92 Å². The smallest absolute Gasteiger partial charge is 0.239 e. The Morgan fingerprint density at radius 3 is 2.88 bits per heavy atom. The van der Waals surface area contributed by atoms with E-state index in [9.17, 15) is 4.79 Å². The first-order valence-electron chi connectivity index (χ1n) is 8.10. The van der Waals surface area contributed by atoms with E-state index in [0.717, 1.165) is 23.6 Å². The molecule has 2 N–H and O–H groups in total. The number of carbonyl (C=O) groups excluding carboxylic acids is 1. The van der Waals surface area contributed by atoms with E-state index in [2.05, 4.69) is 16.7 Å². The van der Waals surface area contributed by atoms with Gasteiger partial charge in [-0.2, -0.15) is 0 Å². The summed E-state index contributed by atoms with van der Waals surface area (Å²) in [4.78, 5) is 12.0. The lowest BCUT2D eigenvalue weighted by Crippen LogP contribution is -2.37. The lowest BCUT2D eigenvalue weighted by Gasteiger charge is -2.25. The van der Waals surface area contributed by atoms with Gasteiger partial charge >= 0.3 is 0 Å². The lowest BCUT2D eigenvalue weighted by atomic mass is 9.97. The first kappa shape index (κ1) is 16.2. The van der Waals surface area contributed by atoms with Gasteiger partial charge in [0.15, 0.2) is 0 Å². The number of carbonyl (C=O) groups is 1. The predicted molar refractivity (Wildman–Crippen MR) is 93.6 cm³/mol. The quantitative estimate of drug-likeness (QED) is 0.856. The van der Waals surface area contributed by atoms with Gasteiger partial charge < -0.3 is 20.1 Å². The second-order valence-electron chi connectivity index (χ2n) is 5.85. The lowest BCUT2D eigenvalue weighted by molar-refractivity contribution is -0.119. The molecule has 126 valence electrons. The number of anilines is 1. The van der Waals surface area contributed by atoms with Gasteiger partial charge in [-0.05, 0) is 30.2 Å². The Labute approximate surface area is 142 Å². The van der Waals surface area contributed by atoms with Gasteiger partial charge in [0, 0.05) is 12.5 Å². The van der Waals surface area contributed by atoms with Gasteiger partial charge in [-0.25, -0.2) is 0 Å². The normalized spacial score (nSPS) is 15.8. The zero-order valence-electron chi connectivity index (χ0n) is 13.7. The van der Waals surface area contributed by atoms with Crippen molar-refractivity contribution in [3.8, 4) is 11.5 Å². The Balaban J connectivity index is 1.45. The maximum Gasteiger partial charge on any atom is 0.239 e. The van der Waals surface area contributed by atoms with Crippen molar-refractivity contribution >= 4 is 11.6 Å². The van der Waals surface area contributed by atoms with Crippen LogP contribution in [-0.4, -0.2) is 32.7 Å². The summed E-state index contributed by atoms with van der Waals surface area (Å²) in [5.74, 6) is 1.94. The van der Waals surface area contributed by atoms with Crippen LogP contribution in [0.25, 0.3) is 0 Å². The number of nitrogens with one attached hydrogen (secondary N) is 2. The van der Waals surface area contributed by atoms with E-state index in [-0.39, 0.29) is 12.5 Å². The summed E-state index contributed by atoms with van der Waals surface area (Å²) in [6.07, 6.45) is 0.927. The fourth-order valence-corrected chi connectivity index (χ4v) is 2.81. The molecular formula is C19H22N2O3. The number of rotatable bonds is 6. The van der Waals surface area contributed by atoms with E-state index in [1.165, 1.54) is 5.56 Å². The molecule has 3 rings (SSSR count). The highest BCUT2D eigenvalue weighted by Crippen LogP contribution is 2.26. The second-order valence-corrected chi connectivity index (χ2v) is 5.85. The van der Waals surface area contributed by atoms with Crippen LogP contribution in [-0.2, 0) is 11.2 Å². The molecule has 0 aliphatic carbocycles. The molecule has 2 aromatic rings. The molecule has 5 nitrogen and oxygen atoms in total. The summed E-state index contributed by atoms with van der Waals surface area (Å²) in [5, 5.41) is 6.07. The van der Waals surface area contributed by atoms with Crippen molar-refractivity contribution in [1.82, 2.24) is 5.32 Å². The molecule has 1 atom stereocenters. The third-order valence-corrected chi connectivity index (χ3v) is 4.09. The van der Waals surface area contributed by atoms with Gasteiger partial charge in [-0.15, -0.1) is 0 Å². The summed E-state index contributed by atoms with van der Waals surface area (Å²) in [6, 6.07) is 15.6. The van der Waals surface area contributed by atoms with Crippen LogP contribution in [0.3, 0.4) is 0 Å². The van der Waals surface area contributed by atoms with Gasteiger partial charge in [0.25, 0.3) is 0 Å². The minimum Gasteiger partial charge on any atom is -0.495 e. The molecule has 0 bridgehead atoms. The van der Waals surface area contributed by atoms with Crippen LogP contribution in [0.15, 0.2) is 48.5 Å². The topological polar surface area (TPSA) is 59.6 Å².